The Bertz CT molecular complexity index is 1200. The fourth-order valence-electron chi connectivity index (χ4n) is 2.71. The molecule has 134 valence electrons. The van der Waals surface area contributed by atoms with E-state index < -0.39 is 28.7 Å². The van der Waals surface area contributed by atoms with E-state index in [9.17, 15) is 18.7 Å². The van der Waals surface area contributed by atoms with Crippen LogP contribution < -0.4 is 0 Å². The molecule has 0 aliphatic carbocycles. The van der Waals surface area contributed by atoms with Crippen molar-refractivity contribution in [3.63, 3.8) is 0 Å². The lowest BCUT2D eigenvalue weighted by Crippen LogP contribution is -2.06. The Balaban J connectivity index is 1.80. The van der Waals surface area contributed by atoms with Crippen LogP contribution in [0.15, 0.2) is 49.1 Å². The number of carbonyl (C=O) groups excluding carboxylic acids is 1. The summed E-state index contributed by atoms with van der Waals surface area (Å²) in [7, 11) is 0. The fourth-order valence-corrected chi connectivity index (χ4v) is 2.71. The number of hydrogen-bond donors (Lipinski definition) is 1. The van der Waals surface area contributed by atoms with Gasteiger partial charge in [-0.2, -0.15) is 0 Å². The van der Waals surface area contributed by atoms with E-state index in [4.69, 9.17) is 0 Å². The van der Waals surface area contributed by atoms with Gasteiger partial charge in [-0.15, -0.1) is 0 Å². The monoisotopic (exact) mass is 366 g/mol. The van der Waals surface area contributed by atoms with Crippen molar-refractivity contribution in [1.29, 1.82) is 0 Å². The fraction of sp³-hybridized carbons (Fsp3) is 0.0526. The molecule has 2 aromatic heterocycles. The molecule has 6 nitrogen and oxygen atoms in total. The van der Waals surface area contributed by atoms with E-state index in [0.717, 1.165) is 11.8 Å². The summed E-state index contributed by atoms with van der Waals surface area (Å²) in [5, 5.41) is 9.46. The minimum Gasteiger partial charge on any atom is -0.508 e. The molecule has 0 amide bonds. The molecular formula is C19H12F2N4O2. The number of benzene rings is 2. The molecule has 0 radical (unpaired) electrons. The maximum Gasteiger partial charge on any atom is 0.196 e. The Morgan fingerprint density at radius 3 is 2.67 bits per heavy atom. The lowest BCUT2D eigenvalue weighted by Gasteiger charge is -2.07. The van der Waals surface area contributed by atoms with Crippen LogP contribution in [0.25, 0.3) is 16.9 Å². The summed E-state index contributed by atoms with van der Waals surface area (Å²) in [6.45, 7) is 1.84. The zero-order valence-corrected chi connectivity index (χ0v) is 14.0. The van der Waals surface area contributed by atoms with E-state index in [-0.39, 0.29) is 5.56 Å². The van der Waals surface area contributed by atoms with Crippen LogP contribution in [0.3, 0.4) is 0 Å². The lowest BCUT2D eigenvalue weighted by atomic mass is 10.0. The zero-order chi connectivity index (χ0) is 19.1. The van der Waals surface area contributed by atoms with Crippen molar-refractivity contribution in [2.75, 3.05) is 0 Å². The molecule has 4 aromatic rings. The molecule has 0 bridgehead atoms. The maximum atomic E-state index is 14.0. The number of phenols is 1. The number of rotatable bonds is 3. The first-order valence-electron chi connectivity index (χ1n) is 7.93. The molecule has 0 spiro atoms. The first kappa shape index (κ1) is 16.8. The van der Waals surface area contributed by atoms with E-state index in [1.807, 2.05) is 6.92 Å². The van der Waals surface area contributed by atoms with Crippen molar-refractivity contribution in [2.45, 2.75) is 6.92 Å². The third kappa shape index (κ3) is 3.01. The molecule has 0 atom stereocenters. The van der Waals surface area contributed by atoms with Crippen LogP contribution >= 0.6 is 0 Å². The molecule has 0 fully saturated rings. The van der Waals surface area contributed by atoms with Crippen LogP contribution in [0.2, 0.25) is 0 Å². The summed E-state index contributed by atoms with van der Waals surface area (Å²) < 4.78 is 29.1. The molecule has 0 aliphatic rings. The number of phenolic OH excluding ortho intramolecular Hbond substituents is 1. The Hall–Kier alpha value is -3.68. The van der Waals surface area contributed by atoms with Gasteiger partial charge in [0.25, 0.3) is 0 Å². The normalized spacial score (nSPS) is 11.1. The van der Waals surface area contributed by atoms with E-state index in [1.165, 1.54) is 12.1 Å². The van der Waals surface area contributed by atoms with Gasteiger partial charge in [0, 0.05) is 17.8 Å². The highest BCUT2D eigenvalue weighted by atomic mass is 19.2. The number of nitrogens with zero attached hydrogens (tertiary/aromatic N) is 4. The van der Waals surface area contributed by atoms with Crippen LogP contribution in [-0.4, -0.2) is 30.4 Å². The molecule has 8 heteroatoms. The maximum absolute atomic E-state index is 14.0. The number of hydrogen-bond acceptors (Lipinski definition) is 5. The van der Waals surface area contributed by atoms with E-state index in [2.05, 4.69) is 15.0 Å². The third-order valence-corrected chi connectivity index (χ3v) is 4.03. The van der Waals surface area contributed by atoms with Gasteiger partial charge in [0.15, 0.2) is 23.2 Å². The molecule has 0 aliphatic heterocycles. The van der Waals surface area contributed by atoms with Crippen LogP contribution in [0.4, 0.5) is 8.78 Å². The second-order valence-corrected chi connectivity index (χ2v) is 5.97. The number of fused-ring (bicyclic) bond motifs is 1. The average molecular weight is 366 g/mol. The van der Waals surface area contributed by atoms with Gasteiger partial charge < -0.3 is 5.11 Å². The van der Waals surface area contributed by atoms with E-state index >= 15 is 0 Å². The van der Waals surface area contributed by atoms with Crippen LogP contribution in [0, 0.1) is 18.6 Å². The summed E-state index contributed by atoms with van der Waals surface area (Å²) in [6.07, 6.45) is 4.93. The topological polar surface area (TPSA) is 80.9 Å². The summed E-state index contributed by atoms with van der Waals surface area (Å²) in [6, 6.07) is 5.95. The van der Waals surface area contributed by atoms with Crippen molar-refractivity contribution in [3.8, 4) is 11.6 Å². The van der Waals surface area contributed by atoms with Gasteiger partial charge >= 0.3 is 0 Å². The van der Waals surface area contributed by atoms with Crippen molar-refractivity contribution < 1.29 is 18.7 Å². The van der Waals surface area contributed by atoms with Crippen molar-refractivity contribution in [1.82, 2.24) is 19.5 Å². The van der Waals surface area contributed by atoms with Crippen molar-refractivity contribution in [3.05, 3.63) is 77.5 Å². The number of halogens is 2. The largest absolute Gasteiger partial charge is 0.508 e. The van der Waals surface area contributed by atoms with E-state index in [0.29, 0.717) is 22.9 Å². The number of carbonyl (C=O) groups is 1. The standard InChI is InChI=1S/C19H12F2N4O2/c1-10-8-25(9-23-10)17-7-22-15-3-2-11(4-16(15)24-17)19(27)13-5-12(26)6-14(20)18(13)21/h2-9,26H,1H3. The van der Waals surface area contributed by atoms with Crippen LogP contribution in [0.1, 0.15) is 21.6 Å². The summed E-state index contributed by atoms with van der Waals surface area (Å²) in [5.74, 6) is -3.41. The third-order valence-electron chi connectivity index (χ3n) is 4.03. The molecule has 27 heavy (non-hydrogen) atoms. The minimum atomic E-state index is -1.31. The van der Waals surface area contributed by atoms with Crippen molar-refractivity contribution in [2.24, 2.45) is 0 Å². The molecule has 0 saturated heterocycles. The summed E-state index contributed by atoms with van der Waals surface area (Å²) in [5.41, 5.74) is 1.29. The predicted octanol–water partition coefficient (Wildman–Crippen LogP) is 3.34. The summed E-state index contributed by atoms with van der Waals surface area (Å²) in [4.78, 5) is 25.5. The zero-order valence-electron chi connectivity index (χ0n) is 14.0. The molecule has 1 N–H and O–H groups in total. The Morgan fingerprint density at radius 1 is 1.11 bits per heavy atom. The minimum absolute atomic E-state index is 0.0969. The molecule has 4 rings (SSSR count). The molecule has 0 saturated carbocycles. The predicted molar refractivity (Wildman–Crippen MR) is 92.9 cm³/mol. The number of ketones is 1. The number of aromatic nitrogens is 4. The summed E-state index contributed by atoms with van der Waals surface area (Å²) >= 11 is 0. The van der Waals surface area contributed by atoms with Crippen LogP contribution in [-0.2, 0) is 0 Å². The highest BCUT2D eigenvalue weighted by Crippen LogP contribution is 2.23. The Labute approximate surface area is 151 Å². The van der Waals surface area contributed by atoms with E-state index in [1.54, 1.807) is 29.4 Å². The molecular weight excluding hydrogens is 354 g/mol. The van der Waals surface area contributed by atoms with Gasteiger partial charge in [-0.1, -0.05) is 0 Å². The highest BCUT2D eigenvalue weighted by molar-refractivity contribution is 6.10. The molecule has 2 aromatic carbocycles. The number of aryl methyl sites for hydroxylation is 1. The van der Waals surface area contributed by atoms with Crippen LogP contribution in [0.5, 0.6) is 5.75 Å². The molecule has 2 heterocycles. The van der Waals surface area contributed by atoms with Gasteiger partial charge in [0.05, 0.1) is 28.5 Å². The number of imidazole rings is 1. The lowest BCUT2D eigenvalue weighted by molar-refractivity contribution is 0.103. The second-order valence-electron chi connectivity index (χ2n) is 5.97. The Morgan fingerprint density at radius 2 is 1.93 bits per heavy atom. The van der Waals surface area contributed by atoms with Gasteiger partial charge in [-0.3, -0.25) is 14.3 Å². The van der Waals surface area contributed by atoms with Crippen molar-refractivity contribution >= 4 is 16.8 Å². The molecule has 0 unspecified atom stereocenters. The Kier molecular flexibility index (Phi) is 3.88. The highest BCUT2D eigenvalue weighted by Gasteiger charge is 2.19. The number of aromatic hydroxyl groups is 1. The smallest absolute Gasteiger partial charge is 0.196 e. The van der Waals surface area contributed by atoms with Gasteiger partial charge in [-0.25, -0.2) is 18.7 Å². The first-order chi connectivity index (χ1) is 12.9. The first-order valence-corrected chi connectivity index (χ1v) is 7.93. The van der Waals surface area contributed by atoms with Gasteiger partial charge in [0.2, 0.25) is 0 Å². The quantitative estimate of drug-likeness (QED) is 0.563. The second kappa shape index (κ2) is 6.24. The average Bonchev–Trinajstić information content (AvgIpc) is 3.09. The van der Waals surface area contributed by atoms with Gasteiger partial charge in [0.1, 0.15) is 12.1 Å². The SMILES string of the molecule is Cc1cn(-c2cnc3ccc(C(=O)c4cc(O)cc(F)c4F)cc3n2)cn1. The van der Waals surface area contributed by atoms with Gasteiger partial charge in [-0.05, 0) is 31.2 Å².